The Morgan fingerprint density at radius 2 is 2.25 bits per heavy atom. The van der Waals surface area contributed by atoms with Gasteiger partial charge in [0, 0.05) is 21.6 Å². The first-order valence-corrected chi connectivity index (χ1v) is 6.48. The largest absolute Gasteiger partial charge is 0.477 e. The van der Waals surface area contributed by atoms with E-state index in [1.165, 1.54) is 11.9 Å². The topological polar surface area (TPSA) is 65.1 Å². The maximum atomic E-state index is 10.8. The summed E-state index contributed by atoms with van der Waals surface area (Å²) in [6.07, 6.45) is 1.92. The van der Waals surface area contributed by atoms with E-state index < -0.39 is 5.97 Å². The van der Waals surface area contributed by atoms with Crippen LogP contribution in [-0.2, 0) is 0 Å². The lowest BCUT2D eigenvalue weighted by molar-refractivity contribution is 0.0691. The zero-order valence-corrected chi connectivity index (χ0v) is 10.8. The van der Waals surface area contributed by atoms with Gasteiger partial charge in [-0.05, 0) is 34.1 Å². The van der Waals surface area contributed by atoms with Gasteiger partial charge in [0.1, 0.15) is 5.69 Å². The molecule has 0 saturated carbocycles. The number of halogens is 1. The second-order valence-electron chi connectivity index (χ2n) is 3.21. The van der Waals surface area contributed by atoms with Crippen molar-refractivity contribution in [1.29, 1.82) is 0 Å². The average molecular weight is 301 g/mol. The van der Waals surface area contributed by atoms with Crippen LogP contribution in [0.2, 0.25) is 0 Å². The van der Waals surface area contributed by atoms with Crippen molar-refractivity contribution in [3.8, 4) is 0 Å². The molecule has 1 heterocycles. The number of fused-ring (bicyclic) bond motifs is 1. The Hall–Kier alpha value is -1.14. The molecule has 0 aliphatic carbocycles. The lowest BCUT2D eigenvalue weighted by Gasteiger charge is -2.04. The van der Waals surface area contributed by atoms with Crippen molar-refractivity contribution in [3.05, 3.63) is 28.4 Å². The fourth-order valence-electron chi connectivity index (χ4n) is 1.46. The quantitative estimate of drug-likeness (QED) is 0.761. The Labute approximate surface area is 105 Å². The molecular weight excluding hydrogens is 292 g/mol. The summed E-state index contributed by atoms with van der Waals surface area (Å²) in [5.74, 6) is -0.952. The molecule has 0 fully saturated rings. The van der Waals surface area contributed by atoms with Gasteiger partial charge >= 0.3 is 5.97 Å². The third-order valence-electron chi connectivity index (χ3n) is 2.15. The number of aromatic carboxylic acids is 1. The fraction of sp³-hybridized carbons (Fsp3) is 0.100. The number of aromatic nitrogens is 1. The molecule has 3 N–H and O–H groups in total. The molecule has 0 unspecified atom stereocenters. The highest BCUT2D eigenvalue weighted by Crippen LogP contribution is 2.30. The molecule has 0 bridgehead atoms. The van der Waals surface area contributed by atoms with Crippen LogP contribution in [-0.4, -0.2) is 22.3 Å². The number of carboxylic acid groups (broad SMARTS) is 1. The first kappa shape index (κ1) is 11.3. The molecule has 0 radical (unpaired) electrons. The third kappa shape index (κ3) is 2.03. The molecule has 1 aromatic heterocycles. The highest BCUT2D eigenvalue weighted by atomic mass is 79.9. The first-order valence-electron chi connectivity index (χ1n) is 4.46. The molecule has 0 aliphatic rings. The van der Waals surface area contributed by atoms with Crippen molar-refractivity contribution < 1.29 is 9.90 Å². The average Bonchev–Trinajstić information content (AvgIpc) is 2.61. The van der Waals surface area contributed by atoms with E-state index in [1.54, 1.807) is 6.07 Å². The summed E-state index contributed by atoms with van der Waals surface area (Å²) in [5, 5.41) is 9.74. The van der Waals surface area contributed by atoms with E-state index in [1.807, 2.05) is 18.4 Å². The van der Waals surface area contributed by atoms with Gasteiger partial charge in [-0.1, -0.05) is 11.9 Å². The second kappa shape index (κ2) is 4.39. The van der Waals surface area contributed by atoms with Crippen LogP contribution in [0.4, 0.5) is 5.69 Å². The summed E-state index contributed by atoms with van der Waals surface area (Å²) in [6.45, 7) is 0. The number of carbonyl (C=O) groups is 1. The van der Waals surface area contributed by atoms with Crippen molar-refractivity contribution in [1.82, 2.24) is 4.98 Å². The standard InChI is InChI=1S/C10H9BrN2O2S/c1-16-13-8-4-7-5(2-6(8)11)3-9(12-7)10(14)15/h2-4,12-13H,1H3,(H,14,15). The number of hydrogen-bond acceptors (Lipinski definition) is 3. The van der Waals surface area contributed by atoms with E-state index in [9.17, 15) is 4.79 Å². The van der Waals surface area contributed by atoms with E-state index in [4.69, 9.17) is 5.11 Å². The van der Waals surface area contributed by atoms with E-state index in [2.05, 4.69) is 25.6 Å². The van der Waals surface area contributed by atoms with Crippen LogP contribution in [0.5, 0.6) is 0 Å². The zero-order valence-electron chi connectivity index (χ0n) is 8.37. The summed E-state index contributed by atoms with van der Waals surface area (Å²) < 4.78 is 4.02. The van der Waals surface area contributed by atoms with Crippen molar-refractivity contribution in [2.24, 2.45) is 0 Å². The molecule has 16 heavy (non-hydrogen) atoms. The maximum Gasteiger partial charge on any atom is 0.352 e. The highest BCUT2D eigenvalue weighted by Gasteiger charge is 2.09. The molecule has 0 atom stereocenters. The summed E-state index contributed by atoms with van der Waals surface area (Å²) >= 11 is 4.91. The van der Waals surface area contributed by atoms with Crippen molar-refractivity contribution >= 4 is 50.4 Å². The van der Waals surface area contributed by atoms with Crippen molar-refractivity contribution in [2.75, 3.05) is 11.0 Å². The van der Waals surface area contributed by atoms with Crippen LogP contribution in [0.1, 0.15) is 10.5 Å². The van der Waals surface area contributed by atoms with Gasteiger partial charge in [-0.25, -0.2) is 4.79 Å². The Morgan fingerprint density at radius 3 is 2.88 bits per heavy atom. The van der Waals surface area contributed by atoms with Gasteiger partial charge in [0.2, 0.25) is 0 Å². The Bertz CT molecular complexity index is 553. The lowest BCUT2D eigenvalue weighted by Crippen LogP contribution is -1.94. The first-order chi connectivity index (χ1) is 7.61. The van der Waals surface area contributed by atoms with Gasteiger partial charge in [0.25, 0.3) is 0 Å². The molecular formula is C10H9BrN2O2S. The number of anilines is 1. The van der Waals surface area contributed by atoms with E-state index >= 15 is 0 Å². The molecule has 6 heteroatoms. The molecule has 1 aromatic carbocycles. The maximum absolute atomic E-state index is 10.8. The molecule has 0 spiro atoms. The van der Waals surface area contributed by atoms with Gasteiger partial charge < -0.3 is 14.8 Å². The summed E-state index contributed by atoms with van der Waals surface area (Å²) in [6, 6.07) is 5.38. The molecule has 4 nitrogen and oxygen atoms in total. The predicted octanol–water partition coefficient (Wildman–Crippen LogP) is 3.32. The molecule has 0 amide bonds. The SMILES string of the molecule is CSNc1cc2[nH]c(C(=O)O)cc2cc1Br. The molecule has 2 aromatic rings. The van der Waals surface area contributed by atoms with Crippen LogP contribution in [0, 0.1) is 0 Å². The number of aromatic amines is 1. The van der Waals surface area contributed by atoms with Crippen molar-refractivity contribution in [2.45, 2.75) is 0 Å². The molecule has 2 rings (SSSR count). The minimum Gasteiger partial charge on any atom is -0.477 e. The number of H-pyrrole nitrogens is 1. The molecule has 0 saturated heterocycles. The second-order valence-corrected chi connectivity index (χ2v) is 4.68. The minimum atomic E-state index is -0.952. The van der Waals surface area contributed by atoms with E-state index in [0.717, 1.165) is 21.1 Å². The number of nitrogens with one attached hydrogen (secondary N) is 2. The highest BCUT2D eigenvalue weighted by molar-refractivity contribution is 9.10. The van der Waals surface area contributed by atoms with Crippen LogP contribution in [0.3, 0.4) is 0 Å². The monoisotopic (exact) mass is 300 g/mol. The van der Waals surface area contributed by atoms with E-state index in [-0.39, 0.29) is 5.69 Å². The summed E-state index contributed by atoms with van der Waals surface area (Å²) in [7, 11) is 0. The molecule has 0 aliphatic heterocycles. The Balaban J connectivity index is 2.56. The van der Waals surface area contributed by atoms with Crippen LogP contribution in [0.15, 0.2) is 22.7 Å². The van der Waals surface area contributed by atoms with E-state index in [0.29, 0.717) is 0 Å². The van der Waals surface area contributed by atoms with Crippen molar-refractivity contribution in [3.63, 3.8) is 0 Å². The smallest absolute Gasteiger partial charge is 0.352 e. The predicted molar refractivity (Wildman–Crippen MR) is 70.1 cm³/mol. The zero-order chi connectivity index (χ0) is 11.7. The van der Waals surface area contributed by atoms with Crippen LogP contribution in [0.25, 0.3) is 10.9 Å². The lowest BCUT2D eigenvalue weighted by atomic mass is 10.2. The third-order valence-corrected chi connectivity index (χ3v) is 3.23. The number of carboxylic acids is 1. The summed E-state index contributed by atoms with van der Waals surface area (Å²) in [5.41, 5.74) is 1.92. The summed E-state index contributed by atoms with van der Waals surface area (Å²) in [4.78, 5) is 13.7. The van der Waals surface area contributed by atoms with Gasteiger partial charge in [-0.2, -0.15) is 0 Å². The normalized spacial score (nSPS) is 10.6. The number of benzene rings is 1. The van der Waals surface area contributed by atoms with Gasteiger partial charge in [-0.15, -0.1) is 0 Å². The van der Waals surface area contributed by atoms with Gasteiger partial charge in [0.05, 0.1) is 5.69 Å². The van der Waals surface area contributed by atoms with Gasteiger partial charge in [0.15, 0.2) is 0 Å². The van der Waals surface area contributed by atoms with Gasteiger partial charge in [-0.3, -0.25) is 0 Å². The number of rotatable bonds is 3. The Kier molecular flexibility index (Phi) is 3.11. The molecule has 84 valence electrons. The fourth-order valence-corrected chi connectivity index (χ4v) is 2.44. The van der Waals surface area contributed by atoms with Crippen LogP contribution < -0.4 is 4.72 Å². The Morgan fingerprint density at radius 1 is 1.50 bits per heavy atom. The minimum absolute atomic E-state index is 0.197. The van der Waals surface area contributed by atoms with Crippen LogP contribution >= 0.6 is 27.9 Å². The number of hydrogen-bond donors (Lipinski definition) is 3.